The fraction of sp³-hybridized carbons (Fsp3) is 0.585. The Hall–Kier alpha value is -5.29. The van der Waals surface area contributed by atoms with Crippen molar-refractivity contribution in [1.82, 2.24) is 31.5 Å². The van der Waals surface area contributed by atoms with Gasteiger partial charge in [-0.2, -0.15) is 0 Å². The summed E-state index contributed by atoms with van der Waals surface area (Å²) in [5.74, 6) is -6.04. The predicted molar refractivity (Wildman–Crippen MR) is 214 cm³/mol. The smallest absolute Gasteiger partial charge is 0.329 e. The molecule has 0 aromatic heterocycles. The molecule has 2 rings (SSSR count). The van der Waals surface area contributed by atoms with E-state index in [2.05, 4.69) is 33.5 Å². The Labute approximate surface area is 340 Å². The number of rotatable bonds is 20. The summed E-state index contributed by atoms with van der Waals surface area (Å²) in [5.41, 5.74) is 0.613. The highest BCUT2D eigenvalue weighted by Crippen LogP contribution is 2.17. The van der Waals surface area contributed by atoms with Crippen molar-refractivity contribution < 1.29 is 53.6 Å². The number of aromatic hydroxyl groups is 1. The van der Waals surface area contributed by atoms with Gasteiger partial charge in [0.15, 0.2) is 0 Å². The summed E-state index contributed by atoms with van der Waals surface area (Å²) >= 11 is 0. The number of phenols is 1. The zero-order valence-corrected chi connectivity index (χ0v) is 34.4. The Balaban J connectivity index is 2.18. The van der Waals surface area contributed by atoms with Crippen LogP contribution in [0.4, 0.5) is 0 Å². The third kappa shape index (κ3) is 16.3. The number of carbonyl (C=O) groups excluding carboxylic acids is 7. The van der Waals surface area contributed by atoms with E-state index < -0.39 is 103 Å². The number of phenolic OH excluding ortho intramolecular Hbond substituents is 1. The van der Waals surface area contributed by atoms with Crippen molar-refractivity contribution >= 4 is 41.4 Å². The number of likely N-dealkylation sites (N-methyl/N-ethyl adjacent to an activating group) is 1. The topological polar surface area (TPSA) is 253 Å². The standard InChI is InChI=1S/C41H62N6O11/c1-7-8-9-10-11-12-13-14-33(51)43-30(22-48)37(53)44-31(23-49)38(54)46-35(25(2)3)39(55)42-28-17-20-34(52)45-36(26(4)5)40(56)47(6)32(41(57)58-24-28)21-27-15-18-29(50)19-16-27/h12-13,15-20,25-26,28,30-32,35-36,48-50H,7-11,14,21-24H2,1-6H3,(H,42,55)(H,43,51)(H,44,53)(H,45,52)(H,46,54). The first-order valence-corrected chi connectivity index (χ1v) is 19.8. The fourth-order valence-electron chi connectivity index (χ4n) is 5.91. The molecule has 0 aliphatic carbocycles. The van der Waals surface area contributed by atoms with E-state index in [0.717, 1.165) is 38.2 Å². The highest BCUT2D eigenvalue weighted by Gasteiger charge is 2.36. The minimum Gasteiger partial charge on any atom is -0.508 e. The van der Waals surface area contributed by atoms with E-state index in [1.807, 2.05) is 6.08 Å². The van der Waals surface area contributed by atoms with Gasteiger partial charge in [-0.3, -0.25) is 28.8 Å². The third-order valence-corrected chi connectivity index (χ3v) is 9.49. The van der Waals surface area contributed by atoms with E-state index in [4.69, 9.17) is 4.74 Å². The molecule has 1 aromatic carbocycles. The minimum absolute atomic E-state index is 0.0119. The maximum Gasteiger partial charge on any atom is 0.329 e. The van der Waals surface area contributed by atoms with Gasteiger partial charge in [-0.15, -0.1) is 0 Å². The van der Waals surface area contributed by atoms with Gasteiger partial charge in [0.05, 0.1) is 19.3 Å². The van der Waals surface area contributed by atoms with E-state index in [9.17, 15) is 48.9 Å². The number of carbonyl (C=O) groups is 7. The molecule has 1 heterocycles. The first-order valence-electron chi connectivity index (χ1n) is 19.8. The molecular weight excluding hydrogens is 752 g/mol. The number of nitrogens with one attached hydrogen (secondary N) is 5. The molecule has 1 aliphatic heterocycles. The second-order valence-corrected chi connectivity index (χ2v) is 15.0. The molecule has 17 nitrogen and oxygen atoms in total. The average molecular weight is 815 g/mol. The lowest BCUT2D eigenvalue weighted by Crippen LogP contribution is -2.60. The lowest BCUT2D eigenvalue weighted by Gasteiger charge is -2.32. The van der Waals surface area contributed by atoms with E-state index in [1.165, 1.54) is 30.2 Å². The van der Waals surface area contributed by atoms with E-state index in [0.29, 0.717) is 5.56 Å². The Kier molecular flexibility index (Phi) is 21.2. The van der Waals surface area contributed by atoms with Gasteiger partial charge in [0.1, 0.15) is 42.6 Å². The molecule has 0 bridgehead atoms. The lowest BCUT2D eigenvalue weighted by atomic mass is 9.99. The molecule has 1 aliphatic rings. The summed E-state index contributed by atoms with van der Waals surface area (Å²) in [6.07, 6.45) is 11.0. The van der Waals surface area contributed by atoms with Crippen LogP contribution in [0.3, 0.4) is 0 Å². The van der Waals surface area contributed by atoms with Crippen molar-refractivity contribution in [2.45, 2.75) is 116 Å². The van der Waals surface area contributed by atoms with Gasteiger partial charge in [-0.25, -0.2) is 4.79 Å². The molecule has 8 N–H and O–H groups in total. The molecule has 0 radical (unpaired) electrons. The summed E-state index contributed by atoms with van der Waals surface area (Å²) in [5, 5.41) is 42.1. The van der Waals surface area contributed by atoms with Crippen molar-refractivity contribution in [3.8, 4) is 5.75 Å². The summed E-state index contributed by atoms with van der Waals surface area (Å²) in [4.78, 5) is 93.7. The first-order chi connectivity index (χ1) is 27.5. The quantitative estimate of drug-likeness (QED) is 0.0512. The number of amides is 6. The molecule has 0 saturated carbocycles. The lowest BCUT2D eigenvalue weighted by molar-refractivity contribution is -0.156. The van der Waals surface area contributed by atoms with E-state index in [-0.39, 0.29) is 24.5 Å². The third-order valence-electron chi connectivity index (χ3n) is 9.49. The van der Waals surface area contributed by atoms with Gasteiger partial charge < -0.3 is 51.5 Å². The number of ether oxygens (including phenoxy) is 1. The van der Waals surface area contributed by atoms with Crippen LogP contribution in [0.15, 0.2) is 48.6 Å². The fourth-order valence-corrected chi connectivity index (χ4v) is 5.91. The van der Waals surface area contributed by atoms with Crippen LogP contribution in [0.1, 0.15) is 78.7 Å². The number of hydrogen-bond donors (Lipinski definition) is 8. The van der Waals surface area contributed by atoms with Crippen LogP contribution in [0, 0.1) is 11.8 Å². The maximum atomic E-state index is 13.7. The Morgan fingerprint density at radius 1 is 0.897 bits per heavy atom. The van der Waals surface area contributed by atoms with Gasteiger partial charge in [0, 0.05) is 26.0 Å². The number of cyclic esters (lactones) is 1. The van der Waals surface area contributed by atoms with Crippen LogP contribution in [-0.4, -0.2) is 125 Å². The number of allylic oxidation sites excluding steroid dienone is 1. The molecule has 322 valence electrons. The van der Waals surface area contributed by atoms with Gasteiger partial charge in [0.25, 0.3) is 0 Å². The van der Waals surface area contributed by atoms with Gasteiger partial charge >= 0.3 is 5.97 Å². The number of aliphatic hydroxyl groups excluding tert-OH is 2. The van der Waals surface area contributed by atoms with Gasteiger partial charge in [-0.1, -0.05) is 84.2 Å². The second kappa shape index (κ2) is 25.2. The van der Waals surface area contributed by atoms with Crippen LogP contribution in [-0.2, 0) is 44.7 Å². The zero-order chi connectivity index (χ0) is 43.4. The molecule has 6 unspecified atom stereocenters. The Bertz CT molecular complexity index is 1600. The van der Waals surface area contributed by atoms with Crippen molar-refractivity contribution in [3.63, 3.8) is 0 Å². The second-order valence-electron chi connectivity index (χ2n) is 15.0. The van der Waals surface area contributed by atoms with Crippen LogP contribution in [0.25, 0.3) is 0 Å². The average Bonchev–Trinajstić information content (AvgIpc) is 3.18. The Morgan fingerprint density at radius 3 is 2.14 bits per heavy atom. The summed E-state index contributed by atoms with van der Waals surface area (Å²) in [6.45, 7) is 6.71. The molecule has 6 atom stereocenters. The van der Waals surface area contributed by atoms with Crippen molar-refractivity contribution in [2.75, 3.05) is 26.9 Å². The van der Waals surface area contributed by atoms with Crippen LogP contribution in [0.2, 0.25) is 0 Å². The highest BCUT2D eigenvalue weighted by molar-refractivity contribution is 5.96. The van der Waals surface area contributed by atoms with E-state index in [1.54, 1.807) is 45.9 Å². The SMILES string of the molecule is CCCCCCC=CCC(=O)NC(CO)C(=O)NC(CO)C(=O)NC(C(=O)NC1C=CC(=O)NC(C(C)C)C(=O)N(C)C(Cc2ccc(O)cc2)C(=O)OC1)C(C)C. The number of hydrogen-bond acceptors (Lipinski definition) is 11. The van der Waals surface area contributed by atoms with E-state index >= 15 is 0 Å². The largest absolute Gasteiger partial charge is 0.508 e. The minimum atomic E-state index is -1.57. The van der Waals surface area contributed by atoms with Crippen molar-refractivity contribution in [2.24, 2.45) is 11.8 Å². The molecule has 1 aromatic rings. The number of benzene rings is 1. The predicted octanol–water partition coefficient (Wildman–Crippen LogP) is 0.512. The van der Waals surface area contributed by atoms with Crippen LogP contribution >= 0.6 is 0 Å². The maximum absolute atomic E-state index is 13.7. The van der Waals surface area contributed by atoms with Gasteiger partial charge in [-0.05, 0) is 42.4 Å². The molecule has 0 fully saturated rings. The van der Waals surface area contributed by atoms with Crippen LogP contribution < -0.4 is 26.6 Å². The molecular formula is C41H62N6O11. The van der Waals surface area contributed by atoms with Crippen molar-refractivity contribution in [3.05, 3.63) is 54.1 Å². The number of nitrogens with zero attached hydrogens (tertiary/aromatic N) is 1. The highest BCUT2D eigenvalue weighted by atomic mass is 16.5. The normalized spacial score (nSPS) is 19.4. The van der Waals surface area contributed by atoms with Gasteiger partial charge in [0.2, 0.25) is 35.4 Å². The molecule has 0 spiro atoms. The number of unbranched alkanes of at least 4 members (excludes halogenated alkanes) is 4. The molecule has 6 amide bonds. The first kappa shape index (κ1) is 48.9. The monoisotopic (exact) mass is 814 g/mol. The Morgan fingerprint density at radius 2 is 1.53 bits per heavy atom. The molecule has 58 heavy (non-hydrogen) atoms. The number of aliphatic hydroxyl groups is 2. The number of esters is 1. The summed E-state index contributed by atoms with van der Waals surface area (Å²) < 4.78 is 5.61. The molecule has 17 heteroatoms. The molecule has 0 saturated heterocycles. The van der Waals surface area contributed by atoms with Crippen molar-refractivity contribution in [1.29, 1.82) is 0 Å². The zero-order valence-electron chi connectivity index (χ0n) is 34.4. The van der Waals surface area contributed by atoms with Crippen LogP contribution in [0.5, 0.6) is 5.75 Å². The summed E-state index contributed by atoms with van der Waals surface area (Å²) in [6, 6.07) is -1.43. The summed E-state index contributed by atoms with van der Waals surface area (Å²) in [7, 11) is 1.42.